The first-order chi connectivity index (χ1) is 5.02. The van der Waals surface area contributed by atoms with Crippen molar-refractivity contribution in [3.8, 4) is 0 Å². The Morgan fingerprint density at radius 2 is 2.09 bits per heavy atom. The second-order valence-corrected chi connectivity index (χ2v) is 5.17. The molecule has 1 aliphatic heterocycles. The fourth-order valence-electron chi connectivity index (χ4n) is 1.19. The van der Waals surface area contributed by atoms with E-state index in [0.717, 1.165) is 5.75 Å². The first-order valence-corrected chi connectivity index (χ1v) is 4.98. The number of ether oxygens (including phenoxy) is 1. The molecule has 0 amide bonds. The summed E-state index contributed by atoms with van der Waals surface area (Å²) in [5.74, 6) is 0.999. The van der Waals surface area contributed by atoms with Gasteiger partial charge in [-0.2, -0.15) is 11.8 Å². The van der Waals surface area contributed by atoms with Crippen molar-refractivity contribution < 1.29 is 9.84 Å². The summed E-state index contributed by atoms with van der Waals surface area (Å²) in [6, 6.07) is 0. The van der Waals surface area contributed by atoms with Crippen LogP contribution in [0.25, 0.3) is 0 Å². The highest BCUT2D eigenvalue weighted by Crippen LogP contribution is 2.35. The van der Waals surface area contributed by atoms with E-state index in [1.165, 1.54) is 0 Å². The van der Waals surface area contributed by atoms with Crippen LogP contribution in [0.15, 0.2) is 0 Å². The van der Waals surface area contributed by atoms with E-state index in [-0.39, 0.29) is 10.7 Å². The predicted molar refractivity (Wildman–Crippen MR) is 47.7 cm³/mol. The summed E-state index contributed by atoms with van der Waals surface area (Å²) in [6.07, 6.45) is -0.575. The smallest absolute Gasteiger partial charge is 0.166 e. The van der Waals surface area contributed by atoms with Crippen molar-refractivity contribution in [3.63, 3.8) is 0 Å². The molecule has 0 spiro atoms. The summed E-state index contributed by atoms with van der Waals surface area (Å²) >= 11 is 1.80. The number of aliphatic hydroxyl groups excluding tert-OH is 1. The van der Waals surface area contributed by atoms with Crippen LogP contribution in [0.4, 0.5) is 0 Å². The molecule has 0 radical (unpaired) electrons. The first kappa shape index (κ1) is 9.36. The predicted octanol–water partition coefficient (Wildman–Crippen LogP) is 1.48. The number of hydrogen-bond donors (Lipinski definition) is 1. The van der Waals surface area contributed by atoms with Crippen molar-refractivity contribution in [1.82, 2.24) is 0 Å². The quantitative estimate of drug-likeness (QED) is 0.606. The zero-order chi connectivity index (χ0) is 8.48. The highest BCUT2D eigenvalue weighted by atomic mass is 32.2. The SMILES string of the molecule is CC(C)(C)[C@@H]1SCCO[C@@H]1O. The average Bonchev–Trinajstić information content (AvgIpc) is 1.86. The number of rotatable bonds is 0. The molecule has 1 N–H and O–H groups in total. The van der Waals surface area contributed by atoms with E-state index < -0.39 is 6.29 Å². The Bertz CT molecular complexity index is 131. The van der Waals surface area contributed by atoms with Crippen molar-refractivity contribution in [2.45, 2.75) is 32.3 Å². The summed E-state index contributed by atoms with van der Waals surface area (Å²) in [4.78, 5) is 0. The zero-order valence-electron chi connectivity index (χ0n) is 7.33. The monoisotopic (exact) mass is 176 g/mol. The van der Waals surface area contributed by atoms with Crippen molar-refractivity contribution in [2.24, 2.45) is 5.41 Å². The van der Waals surface area contributed by atoms with E-state index in [9.17, 15) is 5.11 Å². The summed E-state index contributed by atoms with van der Waals surface area (Å²) in [5.41, 5.74) is 0.129. The summed E-state index contributed by atoms with van der Waals surface area (Å²) in [7, 11) is 0. The van der Waals surface area contributed by atoms with Crippen LogP contribution in [-0.4, -0.2) is 29.0 Å². The topological polar surface area (TPSA) is 29.5 Å². The molecule has 66 valence electrons. The first-order valence-electron chi connectivity index (χ1n) is 3.93. The summed E-state index contributed by atoms with van der Waals surface area (Å²) in [5, 5.41) is 9.68. The van der Waals surface area contributed by atoms with Crippen LogP contribution in [0.2, 0.25) is 0 Å². The molecule has 1 heterocycles. The van der Waals surface area contributed by atoms with Gasteiger partial charge in [-0.1, -0.05) is 20.8 Å². The van der Waals surface area contributed by atoms with Crippen LogP contribution in [-0.2, 0) is 4.74 Å². The molecule has 0 aromatic carbocycles. The lowest BCUT2D eigenvalue weighted by atomic mass is 9.91. The normalized spacial score (nSPS) is 33.8. The zero-order valence-corrected chi connectivity index (χ0v) is 8.15. The molecular formula is C8H16O2S. The summed E-state index contributed by atoms with van der Waals surface area (Å²) < 4.78 is 5.15. The third-order valence-electron chi connectivity index (χ3n) is 1.78. The summed E-state index contributed by atoms with van der Waals surface area (Å²) in [6.45, 7) is 7.06. The lowest BCUT2D eigenvalue weighted by molar-refractivity contribution is -0.112. The Labute approximate surface area is 72.3 Å². The second-order valence-electron chi connectivity index (χ2n) is 3.92. The van der Waals surface area contributed by atoms with Crippen LogP contribution < -0.4 is 0 Å². The second kappa shape index (κ2) is 3.33. The van der Waals surface area contributed by atoms with Crippen molar-refractivity contribution in [1.29, 1.82) is 0 Å². The molecule has 0 bridgehead atoms. The van der Waals surface area contributed by atoms with Gasteiger partial charge in [0, 0.05) is 5.75 Å². The number of thioether (sulfide) groups is 1. The van der Waals surface area contributed by atoms with Crippen LogP contribution >= 0.6 is 11.8 Å². The van der Waals surface area contributed by atoms with Gasteiger partial charge < -0.3 is 9.84 Å². The van der Waals surface area contributed by atoms with Gasteiger partial charge in [0.2, 0.25) is 0 Å². The minimum atomic E-state index is -0.575. The fourth-order valence-corrected chi connectivity index (χ4v) is 2.38. The van der Waals surface area contributed by atoms with Gasteiger partial charge in [-0.25, -0.2) is 0 Å². The van der Waals surface area contributed by atoms with Crippen molar-refractivity contribution in [2.75, 3.05) is 12.4 Å². The highest BCUT2D eigenvalue weighted by Gasteiger charge is 2.34. The van der Waals surface area contributed by atoms with Crippen LogP contribution in [0.1, 0.15) is 20.8 Å². The standard InChI is InChI=1S/C8H16O2S/c1-8(2,3)6-7(9)10-4-5-11-6/h6-7,9H,4-5H2,1-3H3/t6-,7+/m1/s1. The Hall–Kier alpha value is 0.270. The molecule has 1 saturated heterocycles. The fraction of sp³-hybridized carbons (Fsp3) is 1.00. The molecule has 0 saturated carbocycles. The Kier molecular flexibility index (Phi) is 2.84. The minimum absolute atomic E-state index is 0.129. The van der Waals surface area contributed by atoms with Gasteiger partial charge in [-0.05, 0) is 5.41 Å². The van der Waals surface area contributed by atoms with Crippen LogP contribution in [0, 0.1) is 5.41 Å². The lowest BCUT2D eigenvalue weighted by Crippen LogP contribution is -2.40. The molecule has 0 aromatic heterocycles. The van der Waals surface area contributed by atoms with Gasteiger partial charge in [0.25, 0.3) is 0 Å². The maximum absolute atomic E-state index is 9.46. The highest BCUT2D eigenvalue weighted by molar-refractivity contribution is 8.00. The Balaban J connectivity index is 2.55. The minimum Gasteiger partial charge on any atom is -0.367 e. The Morgan fingerprint density at radius 3 is 2.45 bits per heavy atom. The molecule has 0 aromatic rings. The van der Waals surface area contributed by atoms with Gasteiger partial charge in [0.15, 0.2) is 6.29 Å². The molecular weight excluding hydrogens is 160 g/mol. The van der Waals surface area contributed by atoms with Gasteiger partial charge in [0.05, 0.1) is 11.9 Å². The van der Waals surface area contributed by atoms with Crippen LogP contribution in [0.5, 0.6) is 0 Å². The molecule has 1 rings (SSSR count). The van der Waals surface area contributed by atoms with E-state index in [1.807, 2.05) is 0 Å². The van der Waals surface area contributed by atoms with Gasteiger partial charge in [-0.3, -0.25) is 0 Å². The largest absolute Gasteiger partial charge is 0.367 e. The number of hydrogen-bond acceptors (Lipinski definition) is 3. The molecule has 2 nitrogen and oxygen atoms in total. The van der Waals surface area contributed by atoms with Crippen molar-refractivity contribution >= 4 is 11.8 Å². The van der Waals surface area contributed by atoms with E-state index in [4.69, 9.17) is 4.74 Å². The Morgan fingerprint density at radius 1 is 1.45 bits per heavy atom. The molecule has 3 heteroatoms. The van der Waals surface area contributed by atoms with E-state index >= 15 is 0 Å². The van der Waals surface area contributed by atoms with Gasteiger partial charge in [0.1, 0.15) is 0 Å². The maximum atomic E-state index is 9.46. The van der Waals surface area contributed by atoms with E-state index in [0.29, 0.717) is 6.61 Å². The third-order valence-corrected chi connectivity index (χ3v) is 3.48. The van der Waals surface area contributed by atoms with Gasteiger partial charge in [-0.15, -0.1) is 0 Å². The maximum Gasteiger partial charge on any atom is 0.166 e. The van der Waals surface area contributed by atoms with E-state index in [2.05, 4.69) is 20.8 Å². The van der Waals surface area contributed by atoms with Crippen molar-refractivity contribution in [3.05, 3.63) is 0 Å². The van der Waals surface area contributed by atoms with Gasteiger partial charge >= 0.3 is 0 Å². The average molecular weight is 176 g/mol. The molecule has 0 unspecified atom stereocenters. The van der Waals surface area contributed by atoms with E-state index in [1.54, 1.807) is 11.8 Å². The third kappa shape index (κ3) is 2.36. The molecule has 1 fully saturated rings. The molecule has 11 heavy (non-hydrogen) atoms. The molecule has 2 atom stereocenters. The van der Waals surface area contributed by atoms with Crippen LogP contribution in [0.3, 0.4) is 0 Å². The number of aliphatic hydroxyl groups is 1. The molecule has 1 aliphatic rings. The molecule has 0 aliphatic carbocycles. The lowest BCUT2D eigenvalue weighted by Gasteiger charge is -2.36.